The van der Waals surface area contributed by atoms with Crippen LogP contribution < -0.4 is 20.7 Å². The van der Waals surface area contributed by atoms with Crippen molar-refractivity contribution in [1.82, 2.24) is 19.9 Å². The highest BCUT2D eigenvalue weighted by atomic mass is 31.2. The number of benzene rings is 1. The van der Waals surface area contributed by atoms with Gasteiger partial charge in [0.2, 0.25) is 5.95 Å². The molecule has 2 aliphatic rings. The van der Waals surface area contributed by atoms with E-state index in [1.165, 1.54) is 12.8 Å². The van der Waals surface area contributed by atoms with Crippen molar-refractivity contribution in [3.05, 3.63) is 30.0 Å². The number of fused-ring (bicyclic) bond motifs is 1. The molecule has 1 aliphatic heterocycles. The van der Waals surface area contributed by atoms with Crippen LogP contribution in [0.3, 0.4) is 0 Å². The lowest BCUT2D eigenvalue weighted by Crippen LogP contribution is -2.38. The van der Waals surface area contributed by atoms with Gasteiger partial charge in [0.05, 0.1) is 18.2 Å². The predicted molar refractivity (Wildman–Crippen MR) is 126 cm³/mol. The number of hydrogen-bond acceptors (Lipinski definition) is 7. The minimum absolute atomic E-state index is 0.467. The molecule has 3 N–H and O–H groups in total. The number of hydrogen-bond donors (Lipinski definition) is 3. The Morgan fingerprint density at radius 1 is 1.23 bits per heavy atom. The lowest BCUT2D eigenvalue weighted by atomic mass is 10.2. The third kappa shape index (κ3) is 3.79. The van der Waals surface area contributed by atoms with Crippen molar-refractivity contribution in [3.63, 3.8) is 0 Å². The molecule has 2 aromatic heterocycles. The number of aryl methyl sites for hydroxylation is 1. The molecule has 2 fully saturated rings. The van der Waals surface area contributed by atoms with E-state index in [2.05, 4.69) is 30.5 Å². The fraction of sp³-hybridized carbons (Fsp3) is 0.455. The molecule has 0 atom stereocenters. The number of nitrogens with one attached hydrogen (secondary N) is 3. The molecule has 0 radical (unpaired) electrons. The van der Waals surface area contributed by atoms with E-state index in [-0.39, 0.29) is 0 Å². The molecular formula is C22H29N6O2P. The zero-order valence-electron chi connectivity index (χ0n) is 18.2. The SMILES string of the molecule is CNc1nc(Nc2ccc(P3(=O)CCN(C4CC4)CC3)cc2OC)nc2[nH]cc(C)c12. The Hall–Kier alpha value is -2.57. The molecule has 31 heavy (non-hydrogen) atoms. The summed E-state index contributed by atoms with van der Waals surface area (Å²) in [5.74, 6) is 1.87. The van der Waals surface area contributed by atoms with Crippen molar-refractivity contribution in [2.45, 2.75) is 25.8 Å². The predicted octanol–water partition coefficient (Wildman–Crippen LogP) is 3.53. The number of methoxy groups -OCH3 is 1. The van der Waals surface area contributed by atoms with Crippen LogP contribution in [0.15, 0.2) is 24.4 Å². The lowest BCUT2D eigenvalue weighted by Gasteiger charge is -2.32. The van der Waals surface area contributed by atoms with Crippen LogP contribution in [-0.2, 0) is 4.57 Å². The molecule has 0 spiro atoms. The maximum absolute atomic E-state index is 13.7. The highest BCUT2D eigenvalue weighted by molar-refractivity contribution is 7.71. The number of nitrogens with zero attached hydrogens (tertiary/aromatic N) is 3. The number of H-pyrrole nitrogens is 1. The summed E-state index contributed by atoms with van der Waals surface area (Å²) >= 11 is 0. The summed E-state index contributed by atoms with van der Waals surface area (Å²) in [6.45, 7) is 3.88. The summed E-state index contributed by atoms with van der Waals surface area (Å²) in [4.78, 5) is 14.9. The van der Waals surface area contributed by atoms with Gasteiger partial charge in [0.15, 0.2) is 0 Å². The molecule has 5 rings (SSSR count). The Labute approximate surface area is 182 Å². The van der Waals surface area contributed by atoms with E-state index < -0.39 is 7.14 Å². The quantitative estimate of drug-likeness (QED) is 0.505. The molecule has 164 valence electrons. The second-order valence-corrected chi connectivity index (χ2v) is 11.6. The normalized spacial score (nSPS) is 18.8. The number of aromatic amines is 1. The Morgan fingerprint density at radius 3 is 2.68 bits per heavy atom. The van der Waals surface area contributed by atoms with Crippen LogP contribution in [0.25, 0.3) is 11.0 Å². The van der Waals surface area contributed by atoms with E-state index in [0.29, 0.717) is 11.7 Å². The van der Waals surface area contributed by atoms with E-state index in [1.807, 2.05) is 38.4 Å². The average Bonchev–Trinajstić information content (AvgIpc) is 3.57. The van der Waals surface area contributed by atoms with Gasteiger partial charge < -0.3 is 24.9 Å². The van der Waals surface area contributed by atoms with Crippen LogP contribution in [0, 0.1) is 6.92 Å². The molecule has 8 nitrogen and oxygen atoms in total. The second-order valence-electron chi connectivity index (χ2n) is 8.45. The maximum atomic E-state index is 13.7. The number of ether oxygens (including phenoxy) is 1. The molecule has 1 saturated heterocycles. The van der Waals surface area contributed by atoms with Crippen LogP contribution in [0.4, 0.5) is 17.5 Å². The van der Waals surface area contributed by atoms with Gasteiger partial charge in [-0.1, -0.05) is 0 Å². The Balaban J connectivity index is 1.40. The van der Waals surface area contributed by atoms with Crippen molar-refractivity contribution in [2.24, 2.45) is 0 Å². The minimum atomic E-state index is -2.40. The van der Waals surface area contributed by atoms with Crippen molar-refractivity contribution in [1.29, 1.82) is 0 Å². The first-order valence-electron chi connectivity index (χ1n) is 10.8. The van der Waals surface area contributed by atoms with E-state index in [0.717, 1.165) is 64.9 Å². The Bertz CT molecular complexity index is 1160. The van der Waals surface area contributed by atoms with Gasteiger partial charge in [-0.25, -0.2) is 0 Å². The Kier molecular flexibility index (Phi) is 5.15. The standard InChI is InChI=1S/C22H29N6O2P/c1-14-13-24-21-19(14)20(23-2)26-22(27-21)25-17-7-6-16(12-18(17)30-3)31(29)10-8-28(9-11-31)15-4-5-15/h6-7,12-13,15H,4-5,8-11H2,1-3H3,(H3,23,24,25,26,27). The van der Waals surface area contributed by atoms with E-state index in [9.17, 15) is 4.57 Å². The number of rotatable bonds is 6. The molecule has 1 saturated carbocycles. The summed E-state index contributed by atoms with van der Waals surface area (Å²) < 4.78 is 19.3. The van der Waals surface area contributed by atoms with Gasteiger partial charge in [-0.05, 0) is 43.5 Å². The highest BCUT2D eigenvalue weighted by Crippen LogP contribution is 2.48. The van der Waals surface area contributed by atoms with Crippen LogP contribution in [-0.4, -0.2) is 65.5 Å². The van der Waals surface area contributed by atoms with Crippen LogP contribution >= 0.6 is 7.14 Å². The first-order valence-corrected chi connectivity index (χ1v) is 12.9. The molecular weight excluding hydrogens is 411 g/mol. The molecule has 3 heterocycles. The highest BCUT2D eigenvalue weighted by Gasteiger charge is 2.37. The third-order valence-electron chi connectivity index (χ3n) is 6.43. The molecule has 3 aromatic rings. The number of anilines is 3. The number of aromatic nitrogens is 3. The van der Waals surface area contributed by atoms with Gasteiger partial charge in [0.1, 0.15) is 24.4 Å². The summed E-state index contributed by atoms with van der Waals surface area (Å²) in [5, 5.41) is 8.29. The third-order valence-corrected chi connectivity index (χ3v) is 9.49. The molecule has 0 bridgehead atoms. The molecule has 1 aromatic carbocycles. The maximum Gasteiger partial charge on any atom is 0.231 e. The van der Waals surface area contributed by atoms with Gasteiger partial charge in [0, 0.05) is 50.0 Å². The van der Waals surface area contributed by atoms with Gasteiger partial charge in [-0.2, -0.15) is 9.97 Å². The van der Waals surface area contributed by atoms with Crippen molar-refractivity contribution >= 4 is 40.9 Å². The first kappa shape index (κ1) is 20.3. The molecule has 0 amide bonds. The van der Waals surface area contributed by atoms with Crippen LogP contribution in [0.1, 0.15) is 18.4 Å². The smallest absolute Gasteiger partial charge is 0.231 e. The summed E-state index contributed by atoms with van der Waals surface area (Å²) in [6, 6.07) is 6.55. The van der Waals surface area contributed by atoms with Gasteiger partial charge in [0.25, 0.3) is 0 Å². The van der Waals surface area contributed by atoms with E-state index >= 15 is 0 Å². The van der Waals surface area contributed by atoms with Gasteiger partial charge in [-0.15, -0.1) is 0 Å². The average molecular weight is 440 g/mol. The second kappa shape index (κ2) is 7.84. The summed E-state index contributed by atoms with van der Waals surface area (Å²) in [6.07, 6.45) is 6.01. The zero-order valence-corrected chi connectivity index (χ0v) is 19.1. The lowest BCUT2D eigenvalue weighted by molar-refractivity contribution is 0.285. The topological polar surface area (TPSA) is 95.2 Å². The minimum Gasteiger partial charge on any atom is -0.495 e. The molecule has 1 aliphatic carbocycles. The molecule has 0 unspecified atom stereocenters. The van der Waals surface area contributed by atoms with Gasteiger partial charge >= 0.3 is 0 Å². The largest absolute Gasteiger partial charge is 0.495 e. The van der Waals surface area contributed by atoms with Crippen molar-refractivity contribution < 1.29 is 9.30 Å². The van der Waals surface area contributed by atoms with Crippen LogP contribution in [0.5, 0.6) is 5.75 Å². The van der Waals surface area contributed by atoms with Crippen LogP contribution in [0.2, 0.25) is 0 Å². The monoisotopic (exact) mass is 440 g/mol. The fourth-order valence-corrected chi connectivity index (χ4v) is 7.05. The fourth-order valence-electron chi connectivity index (χ4n) is 4.45. The van der Waals surface area contributed by atoms with E-state index in [4.69, 9.17) is 4.74 Å². The summed E-state index contributed by atoms with van der Waals surface area (Å²) in [7, 11) is 1.08. The zero-order chi connectivity index (χ0) is 21.6. The van der Waals surface area contributed by atoms with E-state index in [1.54, 1.807) is 7.11 Å². The summed E-state index contributed by atoms with van der Waals surface area (Å²) in [5.41, 5.74) is 2.60. The van der Waals surface area contributed by atoms with Crippen molar-refractivity contribution in [3.8, 4) is 5.75 Å². The van der Waals surface area contributed by atoms with Crippen molar-refractivity contribution in [2.75, 3.05) is 50.2 Å². The molecule has 9 heteroatoms. The Morgan fingerprint density at radius 2 is 2.00 bits per heavy atom. The first-order chi connectivity index (χ1) is 15.0. The van der Waals surface area contributed by atoms with Gasteiger partial charge in [-0.3, -0.25) is 4.90 Å².